The first-order chi connectivity index (χ1) is 7.91. The van der Waals surface area contributed by atoms with Crippen molar-refractivity contribution in [2.45, 2.75) is 39.3 Å². The zero-order chi connectivity index (χ0) is 13.0. The predicted octanol–water partition coefficient (Wildman–Crippen LogP) is 2.85. The van der Waals surface area contributed by atoms with Crippen LogP contribution in [-0.2, 0) is 4.79 Å². The number of carboxylic acid groups (broad SMARTS) is 1. The molecule has 0 aliphatic rings. The number of nitrogens with zero attached hydrogens (tertiary/aromatic N) is 1. The van der Waals surface area contributed by atoms with Crippen LogP contribution < -0.4 is 0 Å². The molecule has 0 radical (unpaired) electrons. The van der Waals surface area contributed by atoms with Gasteiger partial charge in [0.2, 0.25) is 0 Å². The standard InChI is InChI=1S/C14H21NO2/c1-10-5-7-13(8-6-10)12(3)15(4)11(2)9-14(16)17/h5-8,11-12H,9H2,1-4H3,(H,16,17). The van der Waals surface area contributed by atoms with Crippen LogP contribution in [0.2, 0.25) is 0 Å². The van der Waals surface area contributed by atoms with Gasteiger partial charge in [0.1, 0.15) is 0 Å². The fraction of sp³-hybridized carbons (Fsp3) is 0.500. The molecule has 0 spiro atoms. The maximum Gasteiger partial charge on any atom is 0.304 e. The first-order valence-electron chi connectivity index (χ1n) is 5.92. The third kappa shape index (κ3) is 3.86. The number of hydrogen-bond donors (Lipinski definition) is 1. The zero-order valence-electron chi connectivity index (χ0n) is 11.0. The summed E-state index contributed by atoms with van der Waals surface area (Å²) in [6.45, 7) is 6.10. The Balaban J connectivity index is 2.71. The second-order valence-corrected chi connectivity index (χ2v) is 4.70. The highest BCUT2D eigenvalue weighted by atomic mass is 16.4. The topological polar surface area (TPSA) is 40.5 Å². The normalized spacial score (nSPS) is 14.6. The summed E-state index contributed by atoms with van der Waals surface area (Å²) in [5.41, 5.74) is 2.46. The van der Waals surface area contributed by atoms with Gasteiger partial charge in [0.25, 0.3) is 0 Å². The molecule has 3 nitrogen and oxygen atoms in total. The molecule has 0 heterocycles. The van der Waals surface area contributed by atoms with Crippen LogP contribution >= 0.6 is 0 Å². The van der Waals surface area contributed by atoms with Crippen molar-refractivity contribution in [1.82, 2.24) is 4.90 Å². The molecule has 1 N–H and O–H groups in total. The van der Waals surface area contributed by atoms with Crippen molar-refractivity contribution in [3.8, 4) is 0 Å². The molecule has 1 aromatic carbocycles. The summed E-state index contributed by atoms with van der Waals surface area (Å²) in [4.78, 5) is 12.8. The van der Waals surface area contributed by atoms with Crippen LogP contribution in [0, 0.1) is 6.92 Å². The molecule has 0 bridgehead atoms. The average molecular weight is 235 g/mol. The Morgan fingerprint density at radius 2 is 1.82 bits per heavy atom. The molecule has 1 rings (SSSR count). The lowest BCUT2D eigenvalue weighted by Gasteiger charge is -2.30. The maximum absolute atomic E-state index is 10.7. The van der Waals surface area contributed by atoms with Gasteiger partial charge in [-0.15, -0.1) is 0 Å². The van der Waals surface area contributed by atoms with E-state index in [2.05, 4.69) is 43.0 Å². The van der Waals surface area contributed by atoms with Gasteiger partial charge in [0.15, 0.2) is 0 Å². The highest BCUT2D eigenvalue weighted by molar-refractivity contribution is 5.67. The van der Waals surface area contributed by atoms with Crippen LogP contribution in [0.1, 0.15) is 37.4 Å². The molecule has 2 unspecified atom stereocenters. The van der Waals surface area contributed by atoms with E-state index in [1.807, 2.05) is 14.0 Å². The smallest absolute Gasteiger partial charge is 0.304 e. The SMILES string of the molecule is Cc1ccc(C(C)N(C)C(C)CC(=O)O)cc1. The second kappa shape index (κ2) is 5.82. The van der Waals surface area contributed by atoms with Gasteiger partial charge in [-0.05, 0) is 33.4 Å². The van der Waals surface area contributed by atoms with E-state index >= 15 is 0 Å². The van der Waals surface area contributed by atoms with E-state index in [4.69, 9.17) is 5.11 Å². The van der Waals surface area contributed by atoms with E-state index in [-0.39, 0.29) is 18.5 Å². The minimum absolute atomic E-state index is 0.0313. The molecule has 17 heavy (non-hydrogen) atoms. The molecule has 0 aliphatic heterocycles. The predicted molar refractivity (Wildman–Crippen MR) is 69.1 cm³/mol. The van der Waals surface area contributed by atoms with E-state index < -0.39 is 5.97 Å². The number of carboxylic acids is 1. The number of benzene rings is 1. The summed E-state index contributed by atoms with van der Waals surface area (Å²) in [5, 5.41) is 8.79. The number of carbonyl (C=O) groups is 1. The van der Waals surface area contributed by atoms with E-state index in [0.717, 1.165) is 0 Å². The van der Waals surface area contributed by atoms with Crippen molar-refractivity contribution in [3.63, 3.8) is 0 Å². The van der Waals surface area contributed by atoms with Gasteiger partial charge in [-0.25, -0.2) is 0 Å². The summed E-state index contributed by atoms with van der Waals surface area (Å²) < 4.78 is 0. The van der Waals surface area contributed by atoms with Crippen LogP contribution in [0.25, 0.3) is 0 Å². The molecule has 1 aromatic rings. The van der Waals surface area contributed by atoms with Crippen LogP contribution in [-0.4, -0.2) is 29.1 Å². The van der Waals surface area contributed by atoms with Gasteiger partial charge < -0.3 is 5.11 Å². The molecular formula is C14H21NO2. The number of aliphatic carboxylic acids is 1. The number of hydrogen-bond acceptors (Lipinski definition) is 2. The lowest BCUT2D eigenvalue weighted by molar-refractivity contribution is -0.138. The lowest BCUT2D eigenvalue weighted by Crippen LogP contribution is -2.33. The van der Waals surface area contributed by atoms with Crippen molar-refractivity contribution in [1.29, 1.82) is 0 Å². The molecule has 94 valence electrons. The van der Waals surface area contributed by atoms with E-state index in [9.17, 15) is 4.79 Å². The highest BCUT2D eigenvalue weighted by Gasteiger charge is 2.19. The molecule has 0 aliphatic carbocycles. The Morgan fingerprint density at radius 3 is 2.29 bits per heavy atom. The van der Waals surface area contributed by atoms with E-state index in [1.165, 1.54) is 11.1 Å². The fourth-order valence-electron chi connectivity index (χ4n) is 1.86. The Kier molecular flexibility index (Phi) is 4.70. The number of rotatable bonds is 5. The third-order valence-corrected chi connectivity index (χ3v) is 3.34. The Bertz CT molecular complexity index is 372. The fourth-order valence-corrected chi connectivity index (χ4v) is 1.86. The largest absolute Gasteiger partial charge is 0.481 e. The average Bonchev–Trinajstić information content (AvgIpc) is 2.27. The molecular weight excluding hydrogens is 214 g/mol. The Hall–Kier alpha value is -1.35. The van der Waals surface area contributed by atoms with Gasteiger partial charge in [0, 0.05) is 12.1 Å². The summed E-state index contributed by atoms with van der Waals surface area (Å²) in [6.07, 6.45) is 0.173. The molecule has 3 heteroatoms. The van der Waals surface area contributed by atoms with Gasteiger partial charge in [-0.3, -0.25) is 9.69 Å². The first kappa shape index (κ1) is 13.7. The summed E-state index contributed by atoms with van der Waals surface area (Å²) >= 11 is 0. The van der Waals surface area contributed by atoms with Crippen LogP contribution in [0.3, 0.4) is 0 Å². The van der Waals surface area contributed by atoms with Crippen molar-refractivity contribution in [3.05, 3.63) is 35.4 Å². The van der Waals surface area contributed by atoms with Gasteiger partial charge in [0.05, 0.1) is 6.42 Å². The lowest BCUT2D eigenvalue weighted by atomic mass is 10.0. The van der Waals surface area contributed by atoms with E-state index in [1.54, 1.807) is 0 Å². The highest BCUT2D eigenvalue weighted by Crippen LogP contribution is 2.22. The zero-order valence-corrected chi connectivity index (χ0v) is 11.0. The minimum Gasteiger partial charge on any atom is -0.481 e. The summed E-state index contributed by atoms with van der Waals surface area (Å²) in [5.74, 6) is -0.750. The van der Waals surface area contributed by atoms with Crippen molar-refractivity contribution in [2.75, 3.05) is 7.05 Å². The molecule has 0 amide bonds. The van der Waals surface area contributed by atoms with Crippen molar-refractivity contribution >= 4 is 5.97 Å². The van der Waals surface area contributed by atoms with Crippen molar-refractivity contribution in [2.24, 2.45) is 0 Å². The van der Waals surface area contributed by atoms with Crippen molar-refractivity contribution < 1.29 is 9.90 Å². The monoisotopic (exact) mass is 235 g/mol. The number of aryl methyl sites for hydroxylation is 1. The van der Waals surface area contributed by atoms with Gasteiger partial charge in [-0.1, -0.05) is 29.8 Å². The third-order valence-electron chi connectivity index (χ3n) is 3.34. The maximum atomic E-state index is 10.7. The van der Waals surface area contributed by atoms with Crippen LogP contribution in [0.15, 0.2) is 24.3 Å². The van der Waals surface area contributed by atoms with E-state index in [0.29, 0.717) is 0 Å². The molecule has 0 aromatic heterocycles. The molecule has 0 saturated heterocycles. The summed E-state index contributed by atoms with van der Waals surface area (Å²) in [7, 11) is 1.97. The van der Waals surface area contributed by atoms with Gasteiger partial charge in [-0.2, -0.15) is 0 Å². The summed E-state index contributed by atoms with van der Waals surface area (Å²) in [6, 6.07) is 8.63. The first-order valence-corrected chi connectivity index (χ1v) is 5.92. The molecule has 0 saturated carbocycles. The Morgan fingerprint density at radius 1 is 1.29 bits per heavy atom. The molecule has 2 atom stereocenters. The Labute approximate surface area is 103 Å². The minimum atomic E-state index is -0.750. The quantitative estimate of drug-likeness (QED) is 0.853. The molecule has 0 fully saturated rings. The van der Waals surface area contributed by atoms with Gasteiger partial charge >= 0.3 is 5.97 Å². The van der Waals surface area contributed by atoms with Crippen LogP contribution in [0.5, 0.6) is 0 Å². The van der Waals surface area contributed by atoms with Crippen LogP contribution in [0.4, 0.5) is 0 Å². The second-order valence-electron chi connectivity index (χ2n) is 4.70.